The van der Waals surface area contributed by atoms with Crippen LogP contribution < -0.4 is 31.1 Å². The van der Waals surface area contributed by atoms with Gasteiger partial charge in [-0.3, -0.25) is 0 Å². The summed E-state index contributed by atoms with van der Waals surface area (Å²) in [5.74, 6) is 0. The van der Waals surface area contributed by atoms with Crippen molar-refractivity contribution in [3.63, 3.8) is 0 Å². The summed E-state index contributed by atoms with van der Waals surface area (Å²) < 4.78 is 6.91. The van der Waals surface area contributed by atoms with Crippen molar-refractivity contribution in [3.05, 3.63) is 200 Å². The van der Waals surface area contributed by atoms with E-state index < -0.39 is 0 Å². The second kappa shape index (κ2) is 13.5. The number of nitrogens with zero attached hydrogens (tertiary/aromatic N) is 3. The average molecular weight is 836 g/mol. The summed E-state index contributed by atoms with van der Waals surface area (Å²) in [6.07, 6.45) is 4.89. The summed E-state index contributed by atoms with van der Waals surface area (Å²) in [6, 6.07) is 71.9. The molecule has 4 heterocycles. The third kappa shape index (κ3) is 4.98. The molecule has 3 aliphatic heterocycles. The number of anilines is 8. The van der Waals surface area contributed by atoms with E-state index in [2.05, 4.69) is 223 Å². The van der Waals surface area contributed by atoms with Gasteiger partial charge < -0.3 is 19.1 Å². The van der Waals surface area contributed by atoms with Gasteiger partial charge in [-0.05, 0) is 124 Å². The molecule has 0 amide bonds. The van der Waals surface area contributed by atoms with Gasteiger partial charge in [0.25, 0.3) is 6.71 Å². The molecular formula is C60H46BN3O. The van der Waals surface area contributed by atoms with Crippen molar-refractivity contribution in [2.24, 2.45) is 0 Å². The minimum atomic E-state index is -0.0335. The van der Waals surface area contributed by atoms with Crippen molar-refractivity contribution >= 4 is 101 Å². The summed E-state index contributed by atoms with van der Waals surface area (Å²) in [5, 5.41) is 4.75. The van der Waals surface area contributed by atoms with E-state index in [0.717, 1.165) is 50.4 Å². The normalized spacial score (nSPS) is 19.0. The molecule has 310 valence electrons. The van der Waals surface area contributed by atoms with Gasteiger partial charge in [0.1, 0.15) is 5.58 Å². The fourth-order valence-corrected chi connectivity index (χ4v) is 12.8. The average Bonchev–Trinajstić information content (AvgIpc) is 3.84. The molecule has 9 aromatic carbocycles. The first-order valence-electron chi connectivity index (χ1n) is 23.3. The molecule has 0 N–H and O–H groups in total. The lowest BCUT2D eigenvalue weighted by Gasteiger charge is -2.52. The number of benzene rings is 9. The molecule has 0 spiro atoms. The van der Waals surface area contributed by atoms with Crippen LogP contribution in [-0.4, -0.2) is 12.3 Å². The Hall–Kier alpha value is -7.50. The number of rotatable bonds is 5. The molecule has 1 aliphatic carbocycles. The lowest BCUT2D eigenvalue weighted by molar-refractivity contribution is 0.195. The second-order valence-electron chi connectivity index (χ2n) is 19.1. The van der Waals surface area contributed by atoms with E-state index in [0.29, 0.717) is 0 Å². The number of para-hydroxylation sites is 4. The van der Waals surface area contributed by atoms with Crippen molar-refractivity contribution < 1.29 is 4.42 Å². The Kier molecular flexibility index (Phi) is 7.68. The van der Waals surface area contributed by atoms with Crippen LogP contribution in [0, 0.1) is 0 Å². The summed E-state index contributed by atoms with van der Waals surface area (Å²) in [7, 11) is 0. The Labute approximate surface area is 380 Å². The van der Waals surface area contributed by atoms with E-state index in [4.69, 9.17) is 4.42 Å². The van der Waals surface area contributed by atoms with Crippen molar-refractivity contribution in [1.29, 1.82) is 0 Å². The van der Waals surface area contributed by atoms with Crippen LogP contribution in [0.5, 0.6) is 0 Å². The maximum atomic E-state index is 6.91. The molecule has 5 heteroatoms. The molecule has 65 heavy (non-hydrogen) atoms. The summed E-state index contributed by atoms with van der Waals surface area (Å²) in [5.41, 5.74) is 19.3. The number of hydrogen-bond donors (Lipinski definition) is 0. The summed E-state index contributed by atoms with van der Waals surface area (Å²) in [6.45, 7) is 5.16. The second-order valence-corrected chi connectivity index (χ2v) is 19.1. The predicted molar refractivity (Wildman–Crippen MR) is 273 cm³/mol. The van der Waals surface area contributed by atoms with Gasteiger partial charge in [-0.25, -0.2) is 0 Å². The minimum Gasteiger partial charge on any atom is -0.454 e. The van der Waals surface area contributed by atoms with Crippen LogP contribution in [0.1, 0.15) is 45.1 Å². The highest BCUT2D eigenvalue weighted by Crippen LogP contribution is 2.61. The van der Waals surface area contributed by atoms with Gasteiger partial charge in [-0.1, -0.05) is 153 Å². The van der Waals surface area contributed by atoms with Crippen LogP contribution in [0.15, 0.2) is 199 Å². The zero-order chi connectivity index (χ0) is 43.0. The molecule has 0 bridgehead atoms. The molecule has 1 fully saturated rings. The van der Waals surface area contributed by atoms with E-state index >= 15 is 0 Å². The van der Waals surface area contributed by atoms with Crippen LogP contribution in [0.4, 0.5) is 45.5 Å². The van der Waals surface area contributed by atoms with Gasteiger partial charge in [0, 0.05) is 56.0 Å². The Morgan fingerprint density at radius 3 is 2.14 bits per heavy atom. The minimum absolute atomic E-state index is 0.0335. The van der Waals surface area contributed by atoms with Gasteiger partial charge in [0.15, 0.2) is 5.58 Å². The zero-order valence-corrected chi connectivity index (χ0v) is 36.6. The third-order valence-corrected chi connectivity index (χ3v) is 16.0. The zero-order valence-electron chi connectivity index (χ0n) is 36.6. The highest BCUT2D eigenvalue weighted by molar-refractivity contribution is 7.00. The molecule has 1 aromatic heterocycles. The molecule has 2 unspecified atom stereocenters. The quantitative estimate of drug-likeness (QED) is 0.161. The van der Waals surface area contributed by atoms with Crippen LogP contribution in [0.25, 0.3) is 43.8 Å². The molecule has 1 saturated carbocycles. The monoisotopic (exact) mass is 835 g/mol. The standard InChI is InChI=1S/C60H46BN3O/c1-59-35-10-11-36-60(59,2)64-52-30-16-29-51-56(52)61(50-28-15-27-48(59)57(50)64)49-34-33-43(38-54(49)63(51)53-31-14-26-47-46-24-8-9-32-55(46)65-58(47)53)62(41-20-4-3-5-21-41)42-22-12-19-40(37-42)45-25-13-18-39-17-6-7-23-44(39)45/h3-9,12-34,37-38H,10-11,35-36H2,1-2H3. The lowest BCUT2D eigenvalue weighted by Crippen LogP contribution is -2.64. The molecule has 4 nitrogen and oxygen atoms in total. The fourth-order valence-electron chi connectivity index (χ4n) is 12.8. The van der Waals surface area contributed by atoms with E-state index in [-0.39, 0.29) is 17.7 Å². The molecular weight excluding hydrogens is 789 g/mol. The van der Waals surface area contributed by atoms with Gasteiger partial charge in [-0.2, -0.15) is 0 Å². The third-order valence-electron chi connectivity index (χ3n) is 16.0. The van der Waals surface area contributed by atoms with Crippen LogP contribution in [0.3, 0.4) is 0 Å². The van der Waals surface area contributed by atoms with Crippen molar-refractivity contribution in [3.8, 4) is 11.1 Å². The highest BCUT2D eigenvalue weighted by Gasteiger charge is 2.61. The van der Waals surface area contributed by atoms with E-state index in [1.54, 1.807) is 0 Å². The first-order valence-corrected chi connectivity index (χ1v) is 23.3. The van der Waals surface area contributed by atoms with Crippen LogP contribution >= 0.6 is 0 Å². The largest absolute Gasteiger partial charge is 0.454 e. The number of furan rings is 1. The maximum absolute atomic E-state index is 6.91. The smallest absolute Gasteiger partial charge is 0.252 e. The topological polar surface area (TPSA) is 22.9 Å². The number of hydrogen-bond acceptors (Lipinski definition) is 4. The summed E-state index contributed by atoms with van der Waals surface area (Å²) in [4.78, 5) is 7.75. The Morgan fingerprint density at radius 2 is 1.22 bits per heavy atom. The van der Waals surface area contributed by atoms with E-state index in [1.807, 2.05) is 0 Å². The summed E-state index contributed by atoms with van der Waals surface area (Å²) >= 11 is 0. The van der Waals surface area contributed by atoms with Crippen molar-refractivity contribution in [2.45, 2.75) is 50.5 Å². The first-order chi connectivity index (χ1) is 32.0. The van der Waals surface area contributed by atoms with E-state index in [9.17, 15) is 0 Å². The van der Waals surface area contributed by atoms with Crippen molar-refractivity contribution in [1.82, 2.24) is 0 Å². The molecule has 10 aromatic rings. The Bertz CT molecular complexity index is 3590. The maximum Gasteiger partial charge on any atom is 0.252 e. The molecule has 0 radical (unpaired) electrons. The molecule has 2 atom stereocenters. The van der Waals surface area contributed by atoms with Gasteiger partial charge in [0.2, 0.25) is 0 Å². The van der Waals surface area contributed by atoms with E-state index in [1.165, 1.54) is 86.6 Å². The highest BCUT2D eigenvalue weighted by atomic mass is 16.3. The Balaban J connectivity index is 1.03. The number of fused-ring (bicyclic) bond motifs is 11. The molecule has 14 rings (SSSR count). The first kappa shape index (κ1) is 36.9. The van der Waals surface area contributed by atoms with Gasteiger partial charge >= 0.3 is 0 Å². The molecule has 0 saturated heterocycles. The predicted octanol–water partition coefficient (Wildman–Crippen LogP) is 14.2. The van der Waals surface area contributed by atoms with Crippen LogP contribution in [-0.2, 0) is 5.41 Å². The SMILES string of the molecule is CC12CCCCC1(C)N1c3cccc4c3B(c3ccc(N(c5ccccc5)c5cccc(-c6cccc7ccccc67)c5)cc3N4c3cccc4c3oc3ccccc34)c3cccc2c31. The fraction of sp³-hybridized carbons (Fsp3) is 0.133. The lowest BCUT2D eigenvalue weighted by atomic mass is 9.33. The van der Waals surface area contributed by atoms with Gasteiger partial charge in [0.05, 0.1) is 11.2 Å². The van der Waals surface area contributed by atoms with Crippen molar-refractivity contribution in [2.75, 3.05) is 14.7 Å². The van der Waals surface area contributed by atoms with Crippen LogP contribution in [0.2, 0.25) is 0 Å². The Morgan fingerprint density at radius 1 is 0.523 bits per heavy atom. The molecule has 4 aliphatic rings. The van der Waals surface area contributed by atoms with Gasteiger partial charge in [-0.15, -0.1) is 0 Å².